The fourth-order valence-corrected chi connectivity index (χ4v) is 18.5. The Labute approximate surface area is 676 Å². The van der Waals surface area contributed by atoms with Gasteiger partial charge in [-0.2, -0.15) is 0 Å². The zero-order chi connectivity index (χ0) is 75.9. The number of thiophene rings is 2. The van der Waals surface area contributed by atoms with E-state index < -0.39 is 0 Å². The Morgan fingerprint density at radius 2 is 0.565 bits per heavy atom. The van der Waals surface area contributed by atoms with Crippen LogP contribution in [0, 0.1) is 11.8 Å². The standard InChI is InChI=1S/C94H124N6O2S6/c1-9-13-17-21-25-27-31-35-39-71(37-33-29-23-19-15-11-3)67-97-93(101)85-65-89(73-41-45-75(46-42-73)99(77-49-57-81(103-5)58-50-77)78-51-59-82(104-6)60-52-78)107-91(85)87-69-96-88(70-95-87)92-86(94(102)98-68-72(38-34-30-24-20-16-12-4)40-36-32-28-26-22-18-14-10-2)66-90(108-92)74-43-47-76(48-44-74)100(79-53-61-83(105-7)62-54-79)80-55-63-84(106-8)64-56-80/h41-66,69-72H,9-40,67-68H2,1-8H3,(H,97,101)(H,98,102). The number of carbonyl (C=O) groups is 2. The van der Waals surface area contributed by atoms with Crippen LogP contribution in [-0.4, -0.2) is 59.9 Å². The van der Waals surface area contributed by atoms with Crippen LogP contribution < -0.4 is 20.4 Å². The molecule has 0 bridgehead atoms. The molecule has 14 heteroatoms. The predicted octanol–water partition coefficient (Wildman–Crippen LogP) is 30.3. The lowest BCUT2D eigenvalue weighted by Gasteiger charge is -2.26. The first-order chi connectivity index (χ1) is 53.1. The number of aromatic nitrogens is 2. The summed E-state index contributed by atoms with van der Waals surface area (Å²) in [4.78, 5) is 54.0. The Morgan fingerprint density at radius 1 is 0.333 bits per heavy atom. The summed E-state index contributed by atoms with van der Waals surface area (Å²) in [5, 5.41) is 7.05. The molecule has 3 heterocycles. The average molecular weight is 1560 g/mol. The smallest absolute Gasteiger partial charge is 0.252 e. The van der Waals surface area contributed by atoms with Crippen molar-refractivity contribution in [3.05, 3.63) is 181 Å². The van der Waals surface area contributed by atoms with Crippen molar-refractivity contribution >= 4 is 116 Å². The molecule has 2 amide bonds. The number of rotatable bonds is 52. The highest BCUT2D eigenvalue weighted by atomic mass is 32.2. The molecule has 0 radical (unpaired) electrons. The molecular formula is C94H124N6O2S6. The minimum atomic E-state index is -0.0809. The Morgan fingerprint density at radius 3 is 0.796 bits per heavy atom. The largest absolute Gasteiger partial charge is 0.352 e. The van der Waals surface area contributed by atoms with Gasteiger partial charge in [0.25, 0.3) is 11.8 Å². The van der Waals surface area contributed by atoms with Gasteiger partial charge in [-0.1, -0.05) is 232 Å². The Hall–Kier alpha value is -6.26. The first kappa shape index (κ1) is 85.7. The first-order valence-electron chi connectivity index (χ1n) is 41.1. The zero-order valence-corrected chi connectivity index (χ0v) is 71.3. The molecule has 0 saturated carbocycles. The number of anilines is 6. The minimum absolute atomic E-state index is 0.0809. The van der Waals surface area contributed by atoms with Gasteiger partial charge < -0.3 is 20.4 Å². The molecule has 9 aromatic rings. The fourth-order valence-electron chi connectivity index (χ4n) is 14.6. The second-order valence-corrected chi connectivity index (χ2v) is 35.0. The van der Waals surface area contributed by atoms with E-state index in [2.05, 4.69) is 231 Å². The highest BCUT2D eigenvalue weighted by Crippen LogP contribution is 2.44. The third-order valence-electron chi connectivity index (χ3n) is 21.2. The van der Waals surface area contributed by atoms with Crippen LogP contribution in [0.3, 0.4) is 0 Å². The minimum Gasteiger partial charge on any atom is -0.352 e. The van der Waals surface area contributed by atoms with E-state index in [1.807, 2.05) is 12.4 Å². The number of thioether (sulfide) groups is 4. The van der Waals surface area contributed by atoms with Gasteiger partial charge in [-0.05, 0) is 207 Å². The summed E-state index contributed by atoms with van der Waals surface area (Å²) in [5.41, 5.74) is 10.9. The van der Waals surface area contributed by atoms with E-state index in [9.17, 15) is 0 Å². The van der Waals surface area contributed by atoms with Crippen molar-refractivity contribution in [1.29, 1.82) is 0 Å². The maximum Gasteiger partial charge on any atom is 0.252 e. The summed E-state index contributed by atoms with van der Waals surface area (Å²) in [6.45, 7) is 10.4. The van der Waals surface area contributed by atoms with Crippen molar-refractivity contribution in [3.63, 3.8) is 0 Å². The number of unbranched alkanes of at least 4 members (excludes halogenated alkanes) is 24. The van der Waals surface area contributed by atoms with Crippen molar-refractivity contribution in [1.82, 2.24) is 20.6 Å². The number of nitrogens with one attached hydrogen (secondary N) is 2. The summed E-state index contributed by atoms with van der Waals surface area (Å²) in [5.74, 6) is 0.656. The van der Waals surface area contributed by atoms with Crippen LogP contribution in [0.15, 0.2) is 190 Å². The Kier molecular flexibility index (Phi) is 38.5. The topological polar surface area (TPSA) is 90.5 Å². The quantitative estimate of drug-likeness (QED) is 0.0284. The molecule has 108 heavy (non-hydrogen) atoms. The molecule has 578 valence electrons. The Bertz CT molecular complexity index is 3630. The summed E-state index contributed by atoms with van der Waals surface area (Å²) in [6, 6.07) is 56.8. The fraction of sp³-hybridized carbons (Fsp3) is 0.468. The SMILES string of the molecule is CCCCCCCCCCC(CCCCCCCC)CNC(=O)c1cc(-c2ccc(N(c3ccc(SC)cc3)c3ccc(SC)cc3)cc2)sc1-c1cnc(-c2sc(-c3ccc(N(c4ccc(SC)cc4)c4ccc(SC)cc4)cc3)cc2C(=O)NCC(CCCCCCCC)CCCCCCCCCC)cn1. The van der Waals surface area contributed by atoms with E-state index >= 15 is 9.59 Å². The van der Waals surface area contributed by atoms with Gasteiger partial charge in [0.1, 0.15) is 0 Å². The average Bonchev–Trinajstić information content (AvgIpc) is 1.51. The normalized spacial score (nSPS) is 12.0. The van der Waals surface area contributed by atoms with Gasteiger partial charge in [-0.25, -0.2) is 0 Å². The highest BCUT2D eigenvalue weighted by Gasteiger charge is 2.26. The maximum absolute atomic E-state index is 15.2. The number of nitrogens with zero attached hydrogens (tertiary/aromatic N) is 4. The number of carbonyl (C=O) groups excluding carboxylic acids is 2. The molecule has 2 atom stereocenters. The van der Waals surface area contributed by atoms with E-state index in [4.69, 9.17) is 9.97 Å². The molecule has 6 aromatic carbocycles. The van der Waals surface area contributed by atoms with Gasteiger partial charge in [0, 0.05) is 76.6 Å². The summed E-state index contributed by atoms with van der Waals surface area (Å²) in [7, 11) is 0. The molecule has 3 aromatic heterocycles. The number of benzene rings is 6. The van der Waals surface area contributed by atoms with Crippen molar-refractivity contribution < 1.29 is 9.59 Å². The molecule has 0 aliphatic heterocycles. The van der Waals surface area contributed by atoms with E-state index in [0.717, 1.165) is 90.4 Å². The van der Waals surface area contributed by atoms with Crippen LogP contribution in [0.1, 0.15) is 254 Å². The third kappa shape index (κ3) is 27.0. The summed E-state index contributed by atoms with van der Waals surface area (Å²) >= 11 is 10.2. The molecule has 9 rings (SSSR count). The van der Waals surface area contributed by atoms with Crippen LogP contribution in [-0.2, 0) is 0 Å². The lowest BCUT2D eigenvalue weighted by Crippen LogP contribution is -2.29. The number of amides is 2. The van der Waals surface area contributed by atoms with Gasteiger partial charge in [-0.15, -0.1) is 69.7 Å². The first-order valence-corrected chi connectivity index (χ1v) is 47.7. The number of hydrogen-bond donors (Lipinski definition) is 2. The molecule has 2 unspecified atom stereocenters. The zero-order valence-electron chi connectivity index (χ0n) is 66.4. The van der Waals surface area contributed by atoms with Crippen molar-refractivity contribution in [2.75, 3.05) is 47.9 Å². The lowest BCUT2D eigenvalue weighted by molar-refractivity contribution is 0.0938. The van der Waals surface area contributed by atoms with Crippen LogP contribution in [0.5, 0.6) is 0 Å². The predicted molar refractivity (Wildman–Crippen MR) is 478 cm³/mol. The van der Waals surface area contributed by atoms with Gasteiger partial charge >= 0.3 is 0 Å². The van der Waals surface area contributed by atoms with Crippen LogP contribution in [0.25, 0.3) is 42.0 Å². The molecule has 0 saturated heterocycles. The van der Waals surface area contributed by atoms with E-state index in [1.54, 1.807) is 69.7 Å². The molecule has 0 aliphatic rings. The second kappa shape index (κ2) is 48.5. The molecule has 0 aliphatic carbocycles. The lowest BCUT2D eigenvalue weighted by atomic mass is 9.93. The van der Waals surface area contributed by atoms with E-state index in [0.29, 0.717) is 47.4 Å². The molecular weight excluding hydrogens is 1440 g/mol. The monoisotopic (exact) mass is 1560 g/mol. The second-order valence-electron chi connectivity index (χ2n) is 29.3. The third-order valence-corrected chi connectivity index (χ3v) is 26.6. The molecule has 2 N–H and O–H groups in total. The van der Waals surface area contributed by atoms with Crippen molar-refractivity contribution in [2.45, 2.75) is 253 Å². The van der Waals surface area contributed by atoms with Gasteiger partial charge in [-0.3, -0.25) is 19.6 Å². The molecule has 8 nitrogen and oxygen atoms in total. The molecule has 0 fully saturated rings. The van der Waals surface area contributed by atoms with Crippen LogP contribution >= 0.6 is 69.7 Å². The highest BCUT2D eigenvalue weighted by molar-refractivity contribution is 7.99. The van der Waals surface area contributed by atoms with Crippen LogP contribution in [0.4, 0.5) is 34.1 Å². The summed E-state index contributed by atoms with van der Waals surface area (Å²) in [6.07, 6.45) is 52.3. The molecule has 0 spiro atoms. The van der Waals surface area contributed by atoms with Gasteiger partial charge in [0.15, 0.2) is 0 Å². The van der Waals surface area contributed by atoms with Gasteiger partial charge in [0.2, 0.25) is 0 Å². The van der Waals surface area contributed by atoms with E-state index in [-0.39, 0.29) is 11.8 Å². The van der Waals surface area contributed by atoms with E-state index in [1.165, 1.54) is 199 Å². The van der Waals surface area contributed by atoms with Crippen molar-refractivity contribution in [3.8, 4) is 42.0 Å². The van der Waals surface area contributed by atoms with Gasteiger partial charge in [0.05, 0.1) is 44.7 Å². The summed E-state index contributed by atoms with van der Waals surface area (Å²) < 4.78 is 0. The van der Waals surface area contributed by atoms with Crippen LogP contribution in [0.2, 0.25) is 0 Å². The van der Waals surface area contributed by atoms with Crippen molar-refractivity contribution in [2.24, 2.45) is 11.8 Å². The maximum atomic E-state index is 15.2. The Balaban J connectivity index is 1.06. The number of hydrogen-bond acceptors (Lipinski definition) is 12.